The van der Waals surface area contributed by atoms with Gasteiger partial charge in [-0.05, 0) is 50.9 Å². The number of carbonyl (C=O) groups is 1. The van der Waals surface area contributed by atoms with Crippen LogP contribution in [0.5, 0.6) is 6.01 Å². The number of nitrogens with zero attached hydrogens (tertiary/aromatic N) is 6. The molecule has 1 amide bonds. The van der Waals surface area contributed by atoms with Gasteiger partial charge in [0.15, 0.2) is 5.82 Å². The van der Waals surface area contributed by atoms with Crippen molar-refractivity contribution in [2.45, 2.75) is 59.2 Å². The molecule has 0 saturated carbocycles. The van der Waals surface area contributed by atoms with Gasteiger partial charge in [-0.15, -0.1) is 0 Å². The first-order valence-electron chi connectivity index (χ1n) is 15.5. The van der Waals surface area contributed by atoms with Crippen molar-refractivity contribution in [1.29, 1.82) is 0 Å². The highest BCUT2D eigenvalue weighted by molar-refractivity contribution is 6.35. The third-order valence-corrected chi connectivity index (χ3v) is 10.1. The predicted octanol–water partition coefficient (Wildman–Crippen LogP) is 5.98. The lowest BCUT2D eigenvalue weighted by atomic mass is 9.71. The highest BCUT2D eigenvalue weighted by Crippen LogP contribution is 2.45. The molecule has 2 aliphatic heterocycles. The molecular formula is C33H41ClFN7O4. The number of aromatic nitrogens is 4. The molecular weight excluding hydrogens is 613 g/mol. The Bertz CT molecular complexity index is 1810. The number of hydrogen-bond donors (Lipinski definition) is 2. The standard InChI is InChI=1S/C33H41ClFN7O4/c1-18-8-9-24-22(13-36-39-24)25(18)26-23(34)12-21-28(27(26)35)37-30(46-16-20-15-40(7)10-11-45-20)38-29(21)41-17-33(6,32(3,4)5)42(31(43)44)14-19(41)2/h8-9,12-13,19-20H,10-11,14-17H2,1-7H3,(H,36,39)(H,43,44)/t19-,20?,33-/m0/s1. The van der Waals surface area contributed by atoms with Crippen LogP contribution in [0, 0.1) is 18.2 Å². The summed E-state index contributed by atoms with van der Waals surface area (Å²) >= 11 is 6.96. The van der Waals surface area contributed by atoms with Gasteiger partial charge in [0.1, 0.15) is 24.0 Å². The van der Waals surface area contributed by atoms with Gasteiger partial charge in [-0.1, -0.05) is 38.4 Å². The Balaban J connectivity index is 1.53. The molecule has 0 spiro atoms. The molecule has 0 aliphatic carbocycles. The number of ether oxygens (including phenoxy) is 2. The summed E-state index contributed by atoms with van der Waals surface area (Å²) in [4.78, 5) is 27.6. The Labute approximate surface area is 272 Å². The van der Waals surface area contributed by atoms with Crippen molar-refractivity contribution in [2.75, 3.05) is 51.3 Å². The van der Waals surface area contributed by atoms with Gasteiger partial charge in [-0.2, -0.15) is 15.1 Å². The smallest absolute Gasteiger partial charge is 0.407 e. The molecule has 4 heterocycles. The maximum Gasteiger partial charge on any atom is 0.407 e. The second kappa shape index (κ2) is 11.8. The molecule has 2 aliphatic rings. The van der Waals surface area contributed by atoms with Crippen molar-refractivity contribution in [3.63, 3.8) is 0 Å². The van der Waals surface area contributed by atoms with E-state index in [4.69, 9.17) is 26.1 Å². The maximum absolute atomic E-state index is 17.0. The third-order valence-electron chi connectivity index (χ3n) is 9.84. The molecule has 0 radical (unpaired) electrons. The van der Waals surface area contributed by atoms with E-state index in [-0.39, 0.29) is 47.4 Å². The van der Waals surface area contributed by atoms with Gasteiger partial charge in [-0.25, -0.2) is 9.18 Å². The summed E-state index contributed by atoms with van der Waals surface area (Å²) in [5, 5.41) is 18.7. The Hall–Kier alpha value is -3.74. The van der Waals surface area contributed by atoms with Crippen LogP contribution in [-0.2, 0) is 4.74 Å². The number of amides is 1. The second-order valence-corrected chi connectivity index (χ2v) is 14.2. The van der Waals surface area contributed by atoms with Gasteiger partial charge >= 0.3 is 12.1 Å². The van der Waals surface area contributed by atoms with E-state index in [9.17, 15) is 9.90 Å². The number of halogens is 2. The highest BCUT2D eigenvalue weighted by atomic mass is 35.5. The number of rotatable bonds is 5. The molecule has 6 rings (SSSR count). The summed E-state index contributed by atoms with van der Waals surface area (Å²) in [6, 6.07) is 5.21. The van der Waals surface area contributed by atoms with Crippen LogP contribution in [0.2, 0.25) is 5.02 Å². The van der Waals surface area contributed by atoms with Gasteiger partial charge in [-0.3, -0.25) is 10.00 Å². The van der Waals surface area contributed by atoms with Crippen LogP contribution in [0.15, 0.2) is 24.4 Å². The van der Waals surface area contributed by atoms with Crippen molar-refractivity contribution in [1.82, 2.24) is 30.0 Å². The summed E-state index contributed by atoms with van der Waals surface area (Å²) < 4.78 is 29.0. The number of likely N-dealkylation sites (N-methyl/N-ethyl adjacent to an activating group) is 1. The fraction of sp³-hybridized carbons (Fsp3) is 0.515. The van der Waals surface area contributed by atoms with Crippen molar-refractivity contribution in [3.8, 4) is 17.1 Å². The average Bonchev–Trinajstić information content (AvgIpc) is 3.46. The van der Waals surface area contributed by atoms with Crippen molar-refractivity contribution in [2.24, 2.45) is 5.41 Å². The first kappa shape index (κ1) is 32.2. The van der Waals surface area contributed by atoms with E-state index in [2.05, 4.69) is 20.1 Å². The minimum Gasteiger partial charge on any atom is -0.465 e. The summed E-state index contributed by atoms with van der Waals surface area (Å²) in [6.45, 7) is 14.7. The summed E-state index contributed by atoms with van der Waals surface area (Å²) in [5.41, 5.74) is 1.25. The number of carboxylic acid groups (broad SMARTS) is 1. The number of aromatic amines is 1. The molecule has 2 aromatic heterocycles. The largest absolute Gasteiger partial charge is 0.465 e. The van der Waals surface area contributed by atoms with Crippen LogP contribution in [-0.4, -0.2) is 105 Å². The Morgan fingerprint density at radius 1 is 1.24 bits per heavy atom. The zero-order valence-corrected chi connectivity index (χ0v) is 28.1. The number of H-pyrrole nitrogens is 1. The molecule has 4 aromatic rings. The van der Waals surface area contributed by atoms with Gasteiger partial charge < -0.3 is 24.4 Å². The normalized spacial score (nSPS) is 23.0. The third kappa shape index (κ3) is 5.50. The van der Waals surface area contributed by atoms with Crippen LogP contribution < -0.4 is 9.64 Å². The van der Waals surface area contributed by atoms with E-state index in [1.54, 1.807) is 12.3 Å². The minimum atomic E-state index is -0.986. The highest BCUT2D eigenvalue weighted by Gasteiger charge is 2.51. The van der Waals surface area contributed by atoms with Gasteiger partial charge in [0, 0.05) is 54.1 Å². The molecule has 3 atom stereocenters. The van der Waals surface area contributed by atoms with Crippen molar-refractivity contribution >= 4 is 45.3 Å². The summed E-state index contributed by atoms with van der Waals surface area (Å²) in [5.74, 6) is -0.169. The Morgan fingerprint density at radius 3 is 2.70 bits per heavy atom. The van der Waals surface area contributed by atoms with Gasteiger partial charge in [0.25, 0.3) is 0 Å². The zero-order chi connectivity index (χ0) is 33.1. The minimum absolute atomic E-state index is 0.00932. The monoisotopic (exact) mass is 653 g/mol. The first-order chi connectivity index (χ1) is 21.7. The number of anilines is 1. The van der Waals surface area contributed by atoms with Crippen LogP contribution in [0.1, 0.15) is 40.2 Å². The first-order valence-corrected chi connectivity index (χ1v) is 15.9. The van der Waals surface area contributed by atoms with Gasteiger partial charge in [0.05, 0.1) is 28.9 Å². The molecule has 13 heteroatoms. The molecule has 2 N–H and O–H groups in total. The number of aryl methyl sites for hydroxylation is 1. The van der Waals surface area contributed by atoms with Gasteiger partial charge in [0.2, 0.25) is 0 Å². The number of morpholine rings is 1. The molecule has 2 fully saturated rings. The predicted molar refractivity (Wildman–Crippen MR) is 176 cm³/mol. The van der Waals surface area contributed by atoms with E-state index in [1.807, 2.05) is 65.6 Å². The molecule has 0 bridgehead atoms. The lowest BCUT2D eigenvalue weighted by Crippen LogP contribution is -2.70. The molecule has 246 valence electrons. The van der Waals surface area contributed by atoms with Crippen molar-refractivity contribution in [3.05, 3.63) is 40.8 Å². The number of benzene rings is 2. The fourth-order valence-electron chi connectivity index (χ4n) is 6.62. The Kier molecular flexibility index (Phi) is 8.27. The summed E-state index contributed by atoms with van der Waals surface area (Å²) in [6.07, 6.45) is 0.478. The van der Waals surface area contributed by atoms with E-state index >= 15 is 4.39 Å². The lowest BCUT2D eigenvalue weighted by Gasteiger charge is -2.56. The molecule has 11 nitrogen and oxygen atoms in total. The number of fused-ring (bicyclic) bond motifs is 2. The summed E-state index contributed by atoms with van der Waals surface area (Å²) in [7, 11) is 2.02. The van der Waals surface area contributed by atoms with Crippen LogP contribution >= 0.6 is 11.6 Å². The quantitative estimate of drug-likeness (QED) is 0.268. The topological polar surface area (TPSA) is 120 Å². The van der Waals surface area contributed by atoms with E-state index in [1.165, 1.54) is 4.90 Å². The number of hydrogen-bond acceptors (Lipinski definition) is 8. The average molecular weight is 654 g/mol. The second-order valence-electron chi connectivity index (χ2n) is 13.8. The number of piperazine rings is 1. The van der Waals surface area contributed by atoms with Crippen LogP contribution in [0.3, 0.4) is 0 Å². The maximum atomic E-state index is 17.0. The molecule has 2 aromatic carbocycles. The SMILES string of the molecule is Cc1ccc2[nH]ncc2c1-c1c(Cl)cc2c(N3C[C@@](C)(C(C)(C)C)N(C(=O)O)C[C@@H]3C)nc(OCC3CN(C)CCO3)nc2c1F. The molecule has 1 unspecified atom stereocenters. The zero-order valence-electron chi connectivity index (χ0n) is 27.3. The van der Waals surface area contributed by atoms with Crippen LogP contribution in [0.25, 0.3) is 32.9 Å². The van der Waals surface area contributed by atoms with Crippen molar-refractivity contribution < 1.29 is 23.8 Å². The van der Waals surface area contributed by atoms with E-state index in [0.29, 0.717) is 36.5 Å². The molecule has 46 heavy (non-hydrogen) atoms. The van der Waals surface area contributed by atoms with E-state index in [0.717, 1.165) is 23.0 Å². The molecule has 2 saturated heterocycles. The van der Waals surface area contributed by atoms with E-state index < -0.39 is 22.9 Å². The Morgan fingerprint density at radius 2 is 2.00 bits per heavy atom. The lowest BCUT2D eigenvalue weighted by molar-refractivity contribution is -0.0416. The number of nitrogens with one attached hydrogen (secondary N) is 1. The fourth-order valence-corrected chi connectivity index (χ4v) is 6.90. The van der Waals surface area contributed by atoms with Crippen LogP contribution in [0.4, 0.5) is 15.0 Å².